The van der Waals surface area contributed by atoms with Gasteiger partial charge in [-0.1, -0.05) is 23.5 Å². The van der Waals surface area contributed by atoms with Crippen LogP contribution in [-0.2, 0) is 11.2 Å². The predicted molar refractivity (Wildman–Crippen MR) is 104 cm³/mol. The van der Waals surface area contributed by atoms with E-state index in [1.54, 1.807) is 29.7 Å². The largest absolute Gasteiger partial charge is 0.497 e. The topological polar surface area (TPSA) is 151 Å². The second-order valence-electron chi connectivity index (χ2n) is 6.21. The van der Waals surface area contributed by atoms with Crippen molar-refractivity contribution in [3.8, 4) is 5.75 Å². The summed E-state index contributed by atoms with van der Waals surface area (Å²) in [7, 11) is 1.52. The molecule has 0 radical (unpaired) electrons. The third kappa shape index (κ3) is 6.24. The molecule has 10 nitrogen and oxygen atoms in total. The van der Waals surface area contributed by atoms with Crippen LogP contribution >= 0.6 is 11.3 Å². The molecule has 2 aromatic rings. The van der Waals surface area contributed by atoms with Crippen LogP contribution in [0.3, 0.4) is 0 Å². The van der Waals surface area contributed by atoms with E-state index in [-0.39, 0.29) is 22.7 Å². The number of nitrogens with zero attached hydrogens (tertiary/aromatic N) is 1. The quantitative estimate of drug-likeness (QED) is 0.257. The van der Waals surface area contributed by atoms with E-state index in [0.29, 0.717) is 17.1 Å². The summed E-state index contributed by atoms with van der Waals surface area (Å²) in [4.78, 5) is 34.7. The maximum atomic E-state index is 12.3. The first kappa shape index (κ1) is 22.3. The molecule has 4 N–H and O–H groups in total. The number of nitrogens with one attached hydrogen (secondary N) is 2. The molecule has 0 fully saturated rings. The lowest BCUT2D eigenvalue weighted by Crippen LogP contribution is -2.41. The Morgan fingerprint density at radius 1 is 1.31 bits per heavy atom. The van der Waals surface area contributed by atoms with Crippen LogP contribution in [0.4, 0.5) is 5.00 Å². The molecule has 0 saturated carbocycles. The van der Waals surface area contributed by atoms with Crippen molar-refractivity contribution in [3.05, 3.63) is 57.0 Å². The summed E-state index contributed by atoms with van der Waals surface area (Å²) in [6, 6.07) is 8.79. The Balaban J connectivity index is 2.09. The van der Waals surface area contributed by atoms with Crippen molar-refractivity contribution in [2.45, 2.75) is 18.9 Å². The van der Waals surface area contributed by atoms with Gasteiger partial charge in [0.05, 0.1) is 29.6 Å². The van der Waals surface area contributed by atoms with E-state index in [0.717, 1.165) is 5.56 Å². The number of benzene rings is 1. The average Bonchev–Trinajstić information content (AvgIpc) is 3.23. The minimum Gasteiger partial charge on any atom is -0.497 e. The van der Waals surface area contributed by atoms with E-state index in [4.69, 9.17) is 9.94 Å². The number of carbonyl (C=O) groups excluding carboxylic acids is 2. The van der Waals surface area contributed by atoms with Crippen LogP contribution in [0, 0.1) is 16.0 Å². The molecular formula is C18H21N3O7S. The van der Waals surface area contributed by atoms with Crippen LogP contribution in [-0.4, -0.2) is 46.8 Å². The molecule has 0 aliphatic carbocycles. The Labute approximate surface area is 170 Å². The lowest BCUT2D eigenvalue weighted by atomic mass is 9.92. The van der Waals surface area contributed by atoms with Gasteiger partial charge in [0.2, 0.25) is 5.91 Å². The van der Waals surface area contributed by atoms with Crippen LogP contribution in [0.25, 0.3) is 0 Å². The highest BCUT2D eigenvalue weighted by Crippen LogP contribution is 2.24. The van der Waals surface area contributed by atoms with E-state index >= 15 is 0 Å². The second-order valence-corrected chi connectivity index (χ2v) is 7.27. The van der Waals surface area contributed by atoms with Gasteiger partial charge >= 0.3 is 5.00 Å². The second kappa shape index (κ2) is 10.5. The molecule has 2 unspecified atom stereocenters. The lowest BCUT2D eigenvalue weighted by Gasteiger charge is -2.22. The zero-order chi connectivity index (χ0) is 21.4. The maximum Gasteiger partial charge on any atom is 0.324 e. The number of thiophene rings is 1. The summed E-state index contributed by atoms with van der Waals surface area (Å²) in [5.74, 6) is -1.39. The normalized spacial score (nSPS) is 12.7. The molecule has 2 rings (SSSR count). The van der Waals surface area contributed by atoms with Crippen molar-refractivity contribution in [2.24, 2.45) is 5.92 Å². The van der Waals surface area contributed by atoms with Crippen molar-refractivity contribution in [1.82, 2.24) is 10.8 Å². The number of hydrogen-bond acceptors (Lipinski definition) is 8. The number of nitro groups is 1. The van der Waals surface area contributed by atoms with Gasteiger partial charge in [-0.05, 0) is 36.6 Å². The third-order valence-corrected chi connectivity index (χ3v) is 5.25. The van der Waals surface area contributed by atoms with E-state index < -0.39 is 35.3 Å². The molecule has 2 atom stereocenters. The zero-order valence-electron chi connectivity index (χ0n) is 15.5. The molecule has 1 aromatic heterocycles. The van der Waals surface area contributed by atoms with Crippen molar-refractivity contribution in [1.29, 1.82) is 0 Å². The van der Waals surface area contributed by atoms with Gasteiger partial charge in [-0.15, -0.1) is 0 Å². The molecule has 0 saturated heterocycles. The highest BCUT2D eigenvalue weighted by molar-refractivity contribution is 7.17. The van der Waals surface area contributed by atoms with E-state index in [9.17, 15) is 24.8 Å². The van der Waals surface area contributed by atoms with Crippen LogP contribution in [0.1, 0.15) is 21.7 Å². The number of rotatable bonds is 10. The van der Waals surface area contributed by atoms with Crippen LogP contribution < -0.4 is 15.5 Å². The van der Waals surface area contributed by atoms with Crippen molar-refractivity contribution in [3.63, 3.8) is 0 Å². The Bertz CT molecular complexity index is 871. The fraction of sp³-hybridized carbons (Fsp3) is 0.333. The highest BCUT2D eigenvalue weighted by atomic mass is 32.1. The molecule has 1 aromatic carbocycles. The number of amides is 2. The van der Waals surface area contributed by atoms with Crippen molar-refractivity contribution in [2.75, 3.05) is 13.7 Å². The van der Waals surface area contributed by atoms with Gasteiger partial charge in [0, 0.05) is 12.0 Å². The van der Waals surface area contributed by atoms with Crippen molar-refractivity contribution < 1.29 is 29.6 Å². The van der Waals surface area contributed by atoms with Crippen LogP contribution in [0.5, 0.6) is 5.75 Å². The summed E-state index contributed by atoms with van der Waals surface area (Å²) < 4.78 is 5.15. The number of ether oxygens (including phenoxy) is 1. The van der Waals surface area contributed by atoms with Crippen LogP contribution in [0.15, 0.2) is 36.4 Å². The summed E-state index contributed by atoms with van der Waals surface area (Å²) >= 11 is 0.712. The molecule has 11 heteroatoms. The Morgan fingerprint density at radius 2 is 2.07 bits per heavy atom. The number of carbonyl (C=O) groups is 2. The summed E-state index contributed by atoms with van der Waals surface area (Å²) in [5.41, 5.74) is 2.38. The molecule has 0 aliphatic rings. The Hall–Kier alpha value is -3.02. The van der Waals surface area contributed by atoms with E-state index in [2.05, 4.69) is 5.32 Å². The van der Waals surface area contributed by atoms with Gasteiger partial charge in [0.15, 0.2) is 0 Å². The molecule has 1 heterocycles. The first-order valence-electron chi connectivity index (χ1n) is 8.60. The van der Waals surface area contributed by atoms with Gasteiger partial charge in [-0.25, -0.2) is 5.48 Å². The Morgan fingerprint density at radius 3 is 2.66 bits per heavy atom. The first-order valence-corrected chi connectivity index (χ1v) is 9.42. The van der Waals surface area contributed by atoms with Gasteiger partial charge in [-0.3, -0.25) is 24.9 Å². The molecule has 29 heavy (non-hydrogen) atoms. The fourth-order valence-corrected chi connectivity index (χ4v) is 3.51. The highest BCUT2D eigenvalue weighted by Gasteiger charge is 2.25. The van der Waals surface area contributed by atoms with Crippen molar-refractivity contribution >= 4 is 28.2 Å². The minimum atomic E-state index is -0.795. The number of aliphatic hydroxyl groups is 1. The van der Waals surface area contributed by atoms with E-state index in [1.165, 1.54) is 19.2 Å². The summed E-state index contributed by atoms with van der Waals surface area (Å²) in [6.45, 7) is -0.452. The zero-order valence-corrected chi connectivity index (χ0v) is 16.3. The van der Waals surface area contributed by atoms with Gasteiger partial charge in [0.25, 0.3) is 5.91 Å². The Kier molecular flexibility index (Phi) is 8.07. The maximum absolute atomic E-state index is 12.3. The summed E-state index contributed by atoms with van der Waals surface area (Å²) in [6.07, 6.45) is 0.278. The van der Waals surface area contributed by atoms with Gasteiger partial charge < -0.3 is 15.2 Å². The lowest BCUT2D eigenvalue weighted by molar-refractivity contribution is -0.380. The predicted octanol–water partition coefficient (Wildman–Crippen LogP) is 1.51. The molecular weight excluding hydrogens is 402 g/mol. The monoisotopic (exact) mass is 423 g/mol. The SMILES string of the molecule is COc1cccc(CC(CC(CO)NC(=O)c2ccc([N+](=O)[O-])s2)C(=O)NO)c1. The molecule has 0 aliphatic heterocycles. The third-order valence-electron chi connectivity index (χ3n) is 4.22. The molecule has 2 amide bonds. The number of hydroxylamine groups is 1. The molecule has 0 spiro atoms. The number of methoxy groups -OCH3 is 1. The first-order chi connectivity index (χ1) is 13.9. The van der Waals surface area contributed by atoms with Gasteiger partial charge in [-0.2, -0.15) is 0 Å². The average molecular weight is 423 g/mol. The number of hydrogen-bond donors (Lipinski definition) is 4. The molecule has 0 bridgehead atoms. The standard InChI is InChI=1S/C18H21N3O7S/c1-28-14-4-2-3-11(8-14)7-12(17(23)20-25)9-13(10-22)19-18(24)15-5-6-16(29-15)21(26)27/h2-6,8,12-13,22,25H,7,9-10H2,1H3,(H,19,24)(H,20,23). The van der Waals surface area contributed by atoms with Gasteiger partial charge in [0.1, 0.15) is 5.75 Å². The molecule has 156 valence electrons. The number of aliphatic hydroxyl groups excluding tert-OH is 1. The summed E-state index contributed by atoms with van der Waals surface area (Å²) in [5, 5.41) is 31.8. The van der Waals surface area contributed by atoms with E-state index in [1.807, 2.05) is 0 Å². The smallest absolute Gasteiger partial charge is 0.324 e. The van der Waals surface area contributed by atoms with Crippen LogP contribution in [0.2, 0.25) is 0 Å². The fourth-order valence-electron chi connectivity index (χ4n) is 2.79. The minimum absolute atomic E-state index is 0.0410.